The lowest BCUT2D eigenvalue weighted by Gasteiger charge is -2.02. The fourth-order valence-corrected chi connectivity index (χ4v) is 1.09. The molecule has 0 heterocycles. The van der Waals surface area contributed by atoms with E-state index in [1.54, 1.807) is 6.07 Å². The lowest BCUT2D eigenvalue weighted by atomic mass is 10.1. The van der Waals surface area contributed by atoms with Gasteiger partial charge in [-0.05, 0) is 43.2 Å². The zero-order valence-electron chi connectivity index (χ0n) is 8.04. The summed E-state index contributed by atoms with van der Waals surface area (Å²) in [7, 11) is 0. The number of halogens is 1. The Morgan fingerprint density at radius 3 is 2.50 bits per heavy atom. The number of benzene rings is 1. The second-order valence-electron chi connectivity index (χ2n) is 3.13. The van der Waals surface area contributed by atoms with Crippen LogP contribution in [0.2, 0.25) is 0 Å². The van der Waals surface area contributed by atoms with Crippen molar-refractivity contribution in [1.82, 2.24) is 0 Å². The fraction of sp³-hybridized carbons (Fsp3) is 0.182. The molecule has 0 amide bonds. The third-order valence-electron chi connectivity index (χ3n) is 2.02. The van der Waals surface area contributed by atoms with Crippen molar-refractivity contribution in [3.63, 3.8) is 0 Å². The SMILES string of the molecule is Cc1cc(F)c(/C=C/C(=O)O)cc1C. The molecule has 1 N–H and O–H groups in total. The number of hydrogen-bond donors (Lipinski definition) is 1. The molecular weight excluding hydrogens is 183 g/mol. The van der Waals surface area contributed by atoms with Crippen LogP contribution in [0.5, 0.6) is 0 Å². The second-order valence-corrected chi connectivity index (χ2v) is 3.13. The minimum atomic E-state index is -1.08. The summed E-state index contributed by atoms with van der Waals surface area (Å²) in [4.78, 5) is 10.2. The van der Waals surface area contributed by atoms with E-state index in [9.17, 15) is 9.18 Å². The Balaban J connectivity index is 3.10. The molecule has 2 nitrogen and oxygen atoms in total. The number of aryl methyl sites for hydroxylation is 2. The minimum Gasteiger partial charge on any atom is -0.478 e. The van der Waals surface area contributed by atoms with Gasteiger partial charge in [0.1, 0.15) is 5.82 Å². The summed E-state index contributed by atoms with van der Waals surface area (Å²) in [5, 5.41) is 8.38. The zero-order valence-corrected chi connectivity index (χ0v) is 8.04. The van der Waals surface area contributed by atoms with E-state index < -0.39 is 11.8 Å². The van der Waals surface area contributed by atoms with Gasteiger partial charge in [0.15, 0.2) is 0 Å². The van der Waals surface area contributed by atoms with Crippen molar-refractivity contribution in [2.24, 2.45) is 0 Å². The van der Waals surface area contributed by atoms with Crippen LogP contribution >= 0.6 is 0 Å². The van der Waals surface area contributed by atoms with Crippen molar-refractivity contribution in [2.45, 2.75) is 13.8 Å². The number of carboxylic acids is 1. The number of rotatable bonds is 2. The van der Waals surface area contributed by atoms with Crippen molar-refractivity contribution in [3.05, 3.63) is 40.7 Å². The highest BCUT2D eigenvalue weighted by atomic mass is 19.1. The Labute approximate surface area is 81.7 Å². The topological polar surface area (TPSA) is 37.3 Å². The molecule has 0 saturated heterocycles. The first-order chi connectivity index (χ1) is 6.50. The molecule has 1 rings (SSSR count). The highest BCUT2D eigenvalue weighted by Gasteiger charge is 2.02. The number of carbonyl (C=O) groups is 1. The van der Waals surface area contributed by atoms with Crippen LogP contribution in [0.15, 0.2) is 18.2 Å². The average molecular weight is 194 g/mol. The van der Waals surface area contributed by atoms with Gasteiger partial charge < -0.3 is 5.11 Å². The first kappa shape index (κ1) is 10.4. The van der Waals surface area contributed by atoms with Crippen LogP contribution in [0.1, 0.15) is 16.7 Å². The van der Waals surface area contributed by atoms with E-state index in [0.29, 0.717) is 5.56 Å². The third-order valence-corrected chi connectivity index (χ3v) is 2.02. The van der Waals surface area contributed by atoms with Crippen LogP contribution in [-0.4, -0.2) is 11.1 Å². The molecule has 1 aromatic carbocycles. The summed E-state index contributed by atoms with van der Waals surface area (Å²) < 4.78 is 13.2. The predicted molar refractivity (Wildman–Crippen MR) is 52.5 cm³/mol. The Kier molecular flexibility index (Phi) is 3.02. The van der Waals surface area contributed by atoms with E-state index >= 15 is 0 Å². The standard InChI is InChI=1S/C11H11FO2/c1-7-5-9(3-4-11(13)14)10(12)6-8(7)2/h3-6H,1-2H3,(H,13,14)/b4-3+. The number of carboxylic acid groups (broad SMARTS) is 1. The van der Waals surface area contributed by atoms with E-state index in [1.165, 1.54) is 12.1 Å². The van der Waals surface area contributed by atoms with E-state index in [1.807, 2.05) is 13.8 Å². The Bertz CT molecular complexity index is 395. The lowest BCUT2D eigenvalue weighted by Crippen LogP contribution is -1.90. The van der Waals surface area contributed by atoms with Gasteiger partial charge in [0, 0.05) is 11.6 Å². The molecule has 0 aliphatic rings. The van der Waals surface area contributed by atoms with Crippen molar-refractivity contribution >= 4 is 12.0 Å². The highest BCUT2D eigenvalue weighted by Crippen LogP contribution is 2.15. The molecule has 0 aliphatic heterocycles. The van der Waals surface area contributed by atoms with E-state index in [4.69, 9.17) is 5.11 Å². The summed E-state index contributed by atoms with van der Waals surface area (Å²) in [6.45, 7) is 3.66. The minimum absolute atomic E-state index is 0.301. The normalized spacial score (nSPS) is 10.8. The van der Waals surface area contributed by atoms with Crippen LogP contribution in [-0.2, 0) is 4.79 Å². The maximum absolute atomic E-state index is 13.2. The first-order valence-corrected chi connectivity index (χ1v) is 4.18. The summed E-state index contributed by atoms with van der Waals surface area (Å²) >= 11 is 0. The molecule has 0 spiro atoms. The second kappa shape index (κ2) is 4.05. The molecule has 3 heteroatoms. The van der Waals surface area contributed by atoms with Gasteiger partial charge in [0.05, 0.1) is 0 Å². The molecular formula is C11H11FO2. The van der Waals surface area contributed by atoms with Crippen LogP contribution < -0.4 is 0 Å². The van der Waals surface area contributed by atoms with Crippen LogP contribution in [0.4, 0.5) is 4.39 Å². The van der Waals surface area contributed by atoms with Gasteiger partial charge in [-0.1, -0.05) is 0 Å². The van der Waals surface area contributed by atoms with E-state index in [-0.39, 0.29) is 0 Å². The first-order valence-electron chi connectivity index (χ1n) is 4.18. The van der Waals surface area contributed by atoms with Crippen LogP contribution in [0, 0.1) is 19.7 Å². The Morgan fingerprint density at radius 1 is 1.36 bits per heavy atom. The molecule has 0 fully saturated rings. The summed E-state index contributed by atoms with van der Waals surface area (Å²) in [5.41, 5.74) is 2.10. The molecule has 14 heavy (non-hydrogen) atoms. The summed E-state index contributed by atoms with van der Waals surface area (Å²) in [5.74, 6) is -1.48. The monoisotopic (exact) mass is 194 g/mol. The molecule has 0 saturated carbocycles. The Hall–Kier alpha value is -1.64. The number of hydrogen-bond acceptors (Lipinski definition) is 1. The maximum Gasteiger partial charge on any atom is 0.328 e. The van der Waals surface area contributed by atoms with Crippen molar-refractivity contribution in [2.75, 3.05) is 0 Å². The molecule has 1 aromatic rings. The van der Waals surface area contributed by atoms with E-state index in [0.717, 1.165) is 17.2 Å². The van der Waals surface area contributed by atoms with Gasteiger partial charge >= 0.3 is 5.97 Å². The predicted octanol–water partition coefficient (Wildman–Crippen LogP) is 2.54. The smallest absolute Gasteiger partial charge is 0.328 e. The quantitative estimate of drug-likeness (QED) is 0.734. The molecule has 0 bridgehead atoms. The number of aliphatic carboxylic acids is 1. The average Bonchev–Trinajstić information content (AvgIpc) is 2.09. The van der Waals surface area contributed by atoms with Gasteiger partial charge in [0.25, 0.3) is 0 Å². The van der Waals surface area contributed by atoms with Gasteiger partial charge in [-0.15, -0.1) is 0 Å². The molecule has 0 atom stereocenters. The van der Waals surface area contributed by atoms with Crippen molar-refractivity contribution in [3.8, 4) is 0 Å². The lowest BCUT2D eigenvalue weighted by molar-refractivity contribution is -0.131. The largest absolute Gasteiger partial charge is 0.478 e. The van der Waals surface area contributed by atoms with E-state index in [2.05, 4.69) is 0 Å². The molecule has 0 aliphatic carbocycles. The van der Waals surface area contributed by atoms with Crippen molar-refractivity contribution in [1.29, 1.82) is 0 Å². The summed E-state index contributed by atoms with van der Waals surface area (Å²) in [6.07, 6.45) is 2.18. The Morgan fingerprint density at radius 2 is 1.93 bits per heavy atom. The third kappa shape index (κ3) is 2.42. The van der Waals surface area contributed by atoms with Crippen LogP contribution in [0.3, 0.4) is 0 Å². The summed E-state index contributed by atoms with van der Waals surface area (Å²) in [6, 6.07) is 3.03. The molecule has 0 aromatic heterocycles. The van der Waals surface area contributed by atoms with Gasteiger partial charge in [-0.25, -0.2) is 9.18 Å². The highest BCUT2D eigenvalue weighted by molar-refractivity contribution is 5.85. The zero-order chi connectivity index (χ0) is 10.7. The molecule has 74 valence electrons. The van der Waals surface area contributed by atoms with Crippen LogP contribution in [0.25, 0.3) is 6.08 Å². The van der Waals surface area contributed by atoms with Crippen molar-refractivity contribution < 1.29 is 14.3 Å². The van der Waals surface area contributed by atoms with Gasteiger partial charge in [-0.3, -0.25) is 0 Å². The van der Waals surface area contributed by atoms with Gasteiger partial charge in [0.2, 0.25) is 0 Å². The fourth-order valence-electron chi connectivity index (χ4n) is 1.09. The van der Waals surface area contributed by atoms with Gasteiger partial charge in [-0.2, -0.15) is 0 Å². The molecule has 0 radical (unpaired) electrons. The maximum atomic E-state index is 13.2. The molecule has 0 unspecified atom stereocenters.